The van der Waals surface area contributed by atoms with Crippen molar-refractivity contribution < 1.29 is 18.9 Å². The number of amides is 5. The van der Waals surface area contributed by atoms with Crippen LogP contribution in [0.1, 0.15) is 50.0 Å². The van der Waals surface area contributed by atoms with E-state index < -0.39 is 11.6 Å². The molecule has 5 rings (SSSR count). The minimum atomic E-state index is -1.10. The fourth-order valence-corrected chi connectivity index (χ4v) is 4.64. The van der Waals surface area contributed by atoms with Gasteiger partial charge in [0.1, 0.15) is 5.54 Å². The maximum atomic E-state index is 12.6. The summed E-state index contributed by atoms with van der Waals surface area (Å²) in [5.74, 6) is 0.819. The van der Waals surface area contributed by atoms with Crippen LogP contribution in [-0.4, -0.2) is 64.1 Å². The van der Waals surface area contributed by atoms with Gasteiger partial charge in [-0.3, -0.25) is 10.1 Å². The second kappa shape index (κ2) is 7.92. The Balaban J connectivity index is 1.23. The number of rotatable bonds is 3. The zero-order chi connectivity index (χ0) is 22.3. The molecule has 2 aromatic rings. The van der Waals surface area contributed by atoms with E-state index in [2.05, 4.69) is 20.8 Å². The SMILES string of the molecule is CC1(c2ccc(-c3noc(C4CCN(C(=O)N5CCCC5)CC4)n3)cc2)NC(=O)NC1=O. The van der Waals surface area contributed by atoms with Crippen molar-refractivity contribution >= 4 is 18.0 Å². The van der Waals surface area contributed by atoms with Crippen LogP contribution in [0.4, 0.5) is 9.59 Å². The fraction of sp³-hybridized carbons (Fsp3) is 0.500. The first-order chi connectivity index (χ1) is 15.4. The molecule has 1 atom stereocenters. The summed E-state index contributed by atoms with van der Waals surface area (Å²) in [6.45, 7) is 4.77. The number of nitrogens with zero attached hydrogens (tertiary/aromatic N) is 4. The molecule has 3 fully saturated rings. The van der Waals surface area contributed by atoms with Crippen LogP contribution in [0, 0.1) is 0 Å². The molecular formula is C22H26N6O4. The number of carbonyl (C=O) groups is 3. The average Bonchev–Trinajstić information content (AvgIpc) is 3.55. The van der Waals surface area contributed by atoms with Crippen molar-refractivity contribution in [1.82, 2.24) is 30.6 Å². The van der Waals surface area contributed by atoms with Gasteiger partial charge in [-0.15, -0.1) is 0 Å². The van der Waals surface area contributed by atoms with Gasteiger partial charge < -0.3 is 19.6 Å². The largest absolute Gasteiger partial charge is 0.339 e. The van der Waals surface area contributed by atoms with Crippen LogP contribution in [0.25, 0.3) is 11.4 Å². The normalized spacial score (nSPS) is 24.0. The molecule has 32 heavy (non-hydrogen) atoms. The zero-order valence-corrected chi connectivity index (χ0v) is 18.0. The van der Waals surface area contributed by atoms with E-state index in [0.717, 1.165) is 44.3 Å². The van der Waals surface area contributed by atoms with Crippen molar-refractivity contribution in [2.75, 3.05) is 26.2 Å². The monoisotopic (exact) mass is 438 g/mol. The second-order valence-corrected chi connectivity index (χ2v) is 8.80. The van der Waals surface area contributed by atoms with E-state index in [-0.39, 0.29) is 17.9 Å². The maximum Gasteiger partial charge on any atom is 0.322 e. The van der Waals surface area contributed by atoms with Gasteiger partial charge in [-0.25, -0.2) is 9.59 Å². The van der Waals surface area contributed by atoms with E-state index in [1.54, 1.807) is 19.1 Å². The maximum absolute atomic E-state index is 12.6. The lowest BCUT2D eigenvalue weighted by atomic mass is 9.91. The fourth-order valence-electron chi connectivity index (χ4n) is 4.64. The summed E-state index contributed by atoms with van der Waals surface area (Å²) in [5.41, 5.74) is 0.334. The summed E-state index contributed by atoms with van der Waals surface area (Å²) in [6, 6.07) is 6.82. The van der Waals surface area contributed by atoms with Gasteiger partial charge in [0.05, 0.1) is 0 Å². The quantitative estimate of drug-likeness (QED) is 0.709. The van der Waals surface area contributed by atoms with Crippen LogP contribution >= 0.6 is 0 Å². The number of piperidine rings is 1. The van der Waals surface area contributed by atoms with Crippen LogP contribution in [-0.2, 0) is 10.3 Å². The zero-order valence-electron chi connectivity index (χ0n) is 18.0. The molecule has 0 bridgehead atoms. The molecule has 10 heteroatoms. The first-order valence-corrected chi connectivity index (χ1v) is 11.1. The highest BCUT2D eigenvalue weighted by Crippen LogP contribution is 2.30. The predicted molar refractivity (Wildman–Crippen MR) is 114 cm³/mol. The highest BCUT2D eigenvalue weighted by molar-refractivity contribution is 6.07. The standard InChI is InChI=1S/C22H26N6O4/c1-22(19(29)24-20(30)25-22)16-6-4-14(5-7-16)17-23-18(32-26-17)15-8-12-28(13-9-15)21(31)27-10-2-3-11-27/h4-7,15H,2-3,8-13H2,1H3,(H2,24,25,29,30). The molecule has 3 aliphatic rings. The number of imide groups is 1. The summed E-state index contributed by atoms with van der Waals surface area (Å²) in [6.07, 6.45) is 3.78. The number of likely N-dealkylation sites (tertiary alicyclic amines) is 2. The van der Waals surface area contributed by atoms with E-state index in [1.807, 2.05) is 21.9 Å². The smallest absolute Gasteiger partial charge is 0.322 e. The minimum absolute atomic E-state index is 0.134. The summed E-state index contributed by atoms with van der Waals surface area (Å²) in [7, 11) is 0. The molecular weight excluding hydrogens is 412 g/mol. The molecule has 0 aliphatic carbocycles. The number of urea groups is 2. The van der Waals surface area contributed by atoms with Gasteiger partial charge in [0.2, 0.25) is 11.7 Å². The molecule has 5 amide bonds. The lowest BCUT2D eigenvalue weighted by Crippen LogP contribution is -2.45. The van der Waals surface area contributed by atoms with Gasteiger partial charge in [-0.2, -0.15) is 4.98 Å². The summed E-state index contributed by atoms with van der Waals surface area (Å²) in [4.78, 5) is 44.6. The highest BCUT2D eigenvalue weighted by Gasteiger charge is 2.43. The Morgan fingerprint density at radius 1 is 1.06 bits per heavy atom. The highest BCUT2D eigenvalue weighted by atomic mass is 16.5. The minimum Gasteiger partial charge on any atom is -0.339 e. The first-order valence-electron chi connectivity index (χ1n) is 11.1. The lowest BCUT2D eigenvalue weighted by Gasteiger charge is -2.33. The van der Waals surface area contributed by atoms with Gasteiger partial charge >= 0.3 is 12.1 Å². The van der Waals surface area contributed by atoms with Gasteiger partial charge in [0.25, 0.3) is 5.91 Å². The number of carbonyl (C=O) groups excluding carboxylic acids is 3. The van der Waals surface area contributed by atoms with E-state index in [9.17, 15) is 14.4 Å². The molecule has 1 aromatic carbocycles. The number of aromatic nitrogens is 2. The second-order valence-electron chi connectivity index (χ2n) is 8.80. The average molecular weight is 438 g/mol. The molecule has 0 saturated carbocycles. The van der Waals surface area contributed by atoms with Crippen LogP contribution in [0.15, 0.2) is 28.8 Å². The van der Waals surface area contributed by atoms with E-state index in [0.29, 0.717) is 30.4 Å². The molecule has 4 heterocycles. The molecule has 10 nitrogen and oxygen atoms in total. The number of hydrogen-bond acceptors (Lipinski definition) is 6. The van der Waals surface area contributed by atoms with E-state index >= 15 is 0 Å². The van der Waals surface area contributed by atoms with Crippen LogP contribution in [0.3, 0.4) is 0 Å². The number of benzene rings is 1. The predicted octanol–water partition coefficient (Wildman–Crippen LogP) is 2.19. The van der Waals surface area contributed by atoms with Crippen molar-refractivity contribution in [1.29, 1.82) is 0 Å². The van der Waals surface area contributed by atoms with Crippen LogP contribution in [0.5, 0.6) is 0 Å². The Morgan fingerprint density at radius 3 is 2.34 bits per heavy atom. The summed E-state index contributed by atoms with van der Waals surface area (Å²) >= 11 is 0. The van der Waals surface area contributed by atoms with Crippen molar-refractivity contribution in [3.05, 3.63) is 35.7 Å². The van der Waals surface area contributed by atoms with E-state index in [4.69, 9.17) is 4.52 Å². The number of hydrogen-bond donors (Lipinski definition) is 2. The summed E-state index contributed by atoms with van der Waals surface area (Å²) < 4.78 is 5.54. The molecule has 3 aliphatic heterocycles. The third kappa shape index (κ3) is 3.59. The molecule has 1 aromatic heterocycles. The molecule has 2 N–H and O–H groups in total. The first kappa shape index (κ1) is 20.5. The molecule has 3 saturated heterocycles. The number of nitrogens with one attached hydrogen (secondary N) is 2. The molecule has 168 valence electrons. The van der Waals surface area contributed by atoms with Gasteiger partial charge in [0, 0.05) is 37.7 Å². The Kier molecular flexibility index (Phi) is 5.07. The molecule has 0 spiro atoms. The van der Waals surface area contributed by atoms with Crippen molar-refractivity contribution in [3.8, 4) is 11.4 Å². The Labute approximate surface area is 185 Å². The van der Waals surface area contributed by atoms with E-state index in [1.165, 1.54) is 0 Å². The lowest BCUT2D eigenvalue weighted by molar-refractivity contribution is -0.123. The Bertz CT molecular complexity index is 1040. The third-order valence-electron chi connectivity index (χ3n) is 6.70. The van der Waals surface area contributed by atoms with Crippen LogP contribution in [0.2, 0.25) is 0 Å². The van der Waals surface area contributed by atoms with Crippen molar-refractivity contribution in [2.45, 2.75) is 44.1 Å². The molecule has 0 radical (unpaired) electrons. The van der Waals surface area contributed by atoms with Crippen molar-refractivity contribution in [2.24, 2.45) is 0 Å². The Morgan fingerprint density at radius 2 is 1.72 bits per heavy atom. The topological polar surface area (TPSA) is 121 Å². The van der Waals surface area contributed by atoms with Gasteiger partial charge in [-0.1, -0.05) is 29.4 Å². The third-order valence-corrected chi connectivity index (χ3v) is 6.70. The summed E-state index contributed by atoms with van der Waals surface area (Å²) in [5, 5.41) is 9.04. The van der Waals surface area contributed by atoms with Gasteiger partial charge in [0.15, 0.2) is 0 Å². The van der Waals surface area contributed by atoms with Gasteiger partial charge in [-0.05, 0) is 38.2 Å². The van der Waals surface area contributed by atoms with Crippen molar-refractivity contribution in [3.63, 3.8) is 0 Å². The van der Waals surface area contributed by atoms with Crippen LogP contribution < -0.4 is 10.6 Å². The Hall–Kier alpha value is -3.43. The molecule has 1 unspecified atom stereocenters.